The van der Waals surface area contributed by atoms with E-state index in [4.69, 9.17) is 5.73 Å². The Bertz CT molecular complexity index is 483. The summed E-state index contributed by atoms with van der Waals surface area (Å²) in [4.78, 5) is 14.4. The van der Waals surface area contributed by atoms with E-state index in [0.717, 1.165) is 42.6 Å². The zero-order valence-corrected chi connectivity index (χ0v) is 12.3. The summed E-state index contributed by atoms with van der Waals surface area (Å²) in [5.74, 6) is 0.330. The molecule has 0 saturated heterocycles. The quantitative estimate of drug-likeness (QED) is 0.864. The highest BCUT2D eigenvalue weighted by atomic mass is 16.3. The molecule has 0 bridgehead atoms. The van der Waals surface area contributed by atoms with Crippen LogP contribution in [0.25, 0.3) is 0 Å². The molecule has 1 atom stereocenters. The number of fused-ring (bicyclic) bond motifs is 1. The predicted octanol–water partition coefficient (Wildman–Crippen LogP) is 2.00. The van der Waals surface area contributed by atoms with Crippen molar-refractivity contribution in [2.75, 3.05) is 18.0 Å². The van der Waals surface area contributed by atoms with Crippen molar-refractivity contribution in [2.45, 2.75) is 39.2 Å². The highest BCUT2D eigenvalue weighted by molar-refractivity contribution is 5.97. The molecule has 4 heteroatoms. The molecule has 110 valence electrons. The smallest absolute Gasteiger partial charge is 0.230 e. The number of nitrogens with zero attached hydrogens (tertiary/aromatic N) is 1. The number of aliphatic hydroxyl groups is 1. The van der Waals surface area contributed by atoms with E-state index in [1.54, 1.807) is 0 Å². The highest BCUT2D eigenvalue weighted by Gasteiger charge is 2.28. The van der Waals surface area contributed by atoms with Gasteiger partial charge in [0.2, 0.25) is 5.91 Å². The van der Waals surface area contributed by atoms with Gasteiger partial charge in [-0.2, -0.15) is 0 Å². The van der Waals surface area contributed by atoms with Crippen molar-refractivity contribution >= 4 is 11.6 Å². The van der Waals surface area contributed by atoms with Gasteiger partial charge in [-0.15, -0.1) is 0 Å². The average molecular weight is 276 g/mol. The summed E-state index contributed by atoms with van der Waals surface area (Å²) in [5.41, 5.74) is 8.45. The van der Waals surface area contributed by atoms with E-state index in [2.05, 4.69) is 13.8 Å². The van der Waals surface area contributed by atoms with Crippen LogP contribution in [0.3, 0.4) is 0 Å². The number of benzene rings is 1. The first-order chi connectivity index (χ1) is 9.62. The Hall–Kier alpha value is -1.39. The molecule has 1 heterocycles. The van der Waals surface area contributed by atoms with E-state index >= 15 is 0 Å². The van der Waals surface area contributed by atoms with E-state index < -0.39 is 6.10 Å². The van der Waals surface area contributed by atoms with Crippen molar-refractivity contribution in [3.63, 3.8) is 0 Å². The second kappa shape index (κ2) is 6.37. The van der Waals surface area contributed by atoms with Crippen molar-refractivity contribution in [1.29, 1.82) is 0 Å². The average Bonchev–Trinajstić information content (AvgIpc) is 2.90. The van der Waals surface area contributed by atoms with Crippen molar-refractivity contribution in [3.05, 3.63) is 29.3 Å². The Labute approximate surface area is 120 Å². The normalized spacial score (nSPS) is 15.6. The maximum atomic E-state index is 12.5. The van der Waals surface area contributed by atoms with Gasteiger partial charge in [0.15, 0.2) is 0 Å². The van der Waals surface area contributed by atoms with Crippen LogP contribution in [0.2, 0.25) is 0 Å². The molecule has 1 aliphatic heterocycles. The van der Waals surface area contributed by atoms with Crippen LogP contribution in [0.15, 0.2) is 18.2 Å². The lowest BCUT2D eigenvalue weighted by atomic mass is 10.0. The summed E-state index contributed by atoms with van der Waals surface area (Å²) in [6, 6.07) is 5.79. The number of hydrogen-bond donors (Lipinski definition) is 2. The third kappa shape index (κ3) is 2.72. The molecular weight excluding hydrogens is 252 g/mol. The minimum atomic E-state index is -0.621. The number of carbonyl (C=O) groups excluding carboxylic acids is 1. The Morgan fingerprint density at radius 1 is 1.40 bits per heavy atom. The Morgan fingerprint density at radius 3 is 2.70 bits per heavy atom. The van der Waals surface area contributed by atoms with E-state index in [0.29, 0.717) is 0 Å². The lowest BCUT2D eigenvalue weighted by Gasteiger charge is -2.22. The zero-order valence-electron chi connectivity index (χ0n) is 12.3. The van der Waals surface area contributed by atoms with Gasteiger partial charge in [-0.25, -0.2) is 0 Å². The molecule has 1 aliphatic rings. The molecule has 0 spiro atoms. The number of nitrogens with two attached hydrogens (primary N) is 1. The van der Waals surface area contributed by atoms with Gasteiger partial charge < -0.3 is 15.7 Å². The van der Waals surface area contributed by atoms with Gasteiger partial charge >= 0.3 is 0 Å². The summed E-state index contributed by atoms with van der Waals surface area (Å²) in [5, 5.41) is 9.79. The molecule has 0 fully saturated rings. The van der Waals surface area contributed by atoms with Crippen LogP contribution < -0.4 is 10.6 Å². The molecule has 4 nitrogen and oxygen atoms in total. The molecule has 20 heavy (non-hydrogen) atoms. The third-order valence-electron chi connectivity index (χ3n) is 4.21. The van der Waals surface area contributed by atoms with Gasteiger partial charge in [-0.3, -0.25) is 4.79 Å². The number of amides is 1. The largest absolute Gasteiger partial charge is 0.387 e. The topological polar surface area (TPSA) is 66.6 Å². The Balaban J connectivity index is 2.23. The van der Waals surface area contributed by atoms with Crippen molar-refractivity contribution < 1.29 is 9.90 Å². The van der Waals surface area contributed by atoms with Crippen LogP contribution in [0, 0.1) is 5.92 Å². The maximum Gasteiger partial charge on any atom is 0.230 e. The number of rotatable bonds is 5. The summed E-state index contributed by atoms with van der Waals surface area (Å²) in [6.45, 7) is 5.08. The van der Waals surface area contributed by atoms with Gasteiger partial charge in [0.1, 0.15) is 0 Å². The molecule has 1 aromatic rings. The highest BCUT2D eigenvalue weighted by Crippen LogP contribution is 2.32. The number of hydrogen-bond acceptors (Lipinski definition) is 3. The van der Waals surface area contributed by atoms with Crippen molar-refractivity contribution in [3.8, 4) is 0 Å². The molecular formula is C16H24N2O2. The fourth-order valence-corrected chi connectivity index (χ4v) is 2.85. The summed E-state index contributed by atoms with van der Waals surface area (Å²) < 4.78 is 0. The van der Waals surface area contributed by atoms with Gasteiger partial charge in [0.25, 0.3) is 0 Å². The van der Waals surface area contributed by atoms with Gasteiger partial charge in [0.05, 0.1) is 6.10 Å². The Morgan fingerprint density at radius 2 is 2.10 bits per heavy atom. The van der Waals surface area contributed by atoms with Gasteiger partial charge in [0, 0.05) is 24.7 Å². The monoisotopic (exact) mass is 276 g/mol. The molecule has 2 rings (SSSR count). The minimum absolute atomic E-state index is 0.107. The molecule has 0 saturated carbocycles. The van der Waals surface area contributed by atoms with Gasteiger partial charge in [-0.1, -0.05) is 26.0 Å². The van der Waals surface area contributed by atoms with E-state index in [1.807, 2.05) is 23.1 Å². The summed E-state index contributed by atoms with van der Waals surface area (Å²) >= 11 is 0. The van der Waals surface area contributed by atoms with Crippen LogP contribution in [-0.4, -0.2) is 24.1 Å². The second-order valence-electron chi connectivity index (χ2n) is 5.39. The van der Waals surface area contributed by atoms with Crippen LogP contribution >= 0.6 is 0 Å². The maximum absolute atomic E-state index is 12.5. The standard InChI is InChI=1S/C16H24N2O2/c1-3-11(4-2)16(20)18-8-7-12-9-13(15(19)10-17)5-6-14(12)18/h5-6,9,11,15,19H,3-4,7-8,10,17H2,1-2H3. The third-order valence-corrected chi connectivity index (χ3v) is 4.21. The molecule has 0 radical (unpaired) electrons. The van der Waals surface area contributed by atoms with Crippen molar-refractivity contribution in [1.82, 2.24) is 0 Å². The van der Waals surface area contributed by atoms with Crippen LogP contribution in [0.4, 0.5) is 5.69 Å². The fourth-order valence-electron chi connectivity index (χ4n) is 2.85. The summed E-state index contributed by atoms with van der Waals surface area (Å²) in [6.07, 6.45) is 1.99. The summed E-state index contributed by atoms with van der Waals surface area (Å²) in [7, 11) is 0. The fraction of sp³-hybridized carbons (Fsp3) is 0.562. The minimum Gasteiger partial charge on any atom is -0.387 e. The van der Waals surface area contributed by atoms with E-state index in [-0.39, 0.29) is 18.4 Å². The molecule has 0 aromatic heterocycles. The SMILES string of the molecule is CCC(CC)C(=O)N1CCc2cc(C(O)CN)ccc21. The lowest BCUT2D eigenvalue weighted by Crippen LogP contribution is -2.34. The molecule has 3 N–H and O–H groups in total. The number of carbonyl (C=O) groups is 1. The van der Waals surface area contributed by atoms with Crippen LogP contribution in [0.5, 0.6) is 0 Å². The van der Waals surface area contributed by atoms with E-state index in [1.165, 1.54) is 0 Å². The van der Waals surface area contributed by atoms with Gasteiger partial charge in [-0.05, 0) is 36.5 Å². The molecule has 0 aliphatic carbocycles. The molecule has 1 unspecified atom stereocenters. The Kier molecular flexibility index (Phi) is 4.78. The van der Waals surface area contributed by atoms with Crippen LogP contribution in [0.1, 0.15) is 43.9 Å². The second-order valence-corrected chi connectivity index (χ2v) is 5.39. The molecule has 1 aromatic carbocycles. The number of anilines is 1. The van der Waals surface area contributed by atoms with Crippen LogP contribution in [-0.2, 0) is 11.2 Å². The first-order valence-corrected chi connectivity index (χ1v) is 7.44. The first-order valence-electron chi connectivity index (χ1n) is 7.44. The van der Waals surface area contributed by atoms with E-state index in [9.17, 15) is 9.90 Å². The zero-order chi connectivity index (χ0) is 14.7. The predicted molar refractivity (Wildman–Crippen MR) is 80.6 cm³/mol. The van der Waals surface area contributed by atoms with Crippen molar-refractivity contribution in [2.24, 2.45) is 11.7 Å². The number of aliphatic hydroxyl groups excluding tert-OH is 1. The lowest BCUT2D eigenvalue weighted by molar-refractivity contribution is -0.122. The molecule has 1 amide bonds. The first kappa shape index (κ1) is 15.0.